The van der Waals surface area contributed by atoms with Crippen molar-refractivity contribution < 1.29 is 14.3 Å². The van der Waals surface area contributed by atoms with Crippen LogP contribution >= 0.6 is 11.8 Å². The summed E-state index contributed by atoms with van der Waals surface area (Å²) in [6.45, 7) is 0.230. The molecule has 3 aromatic rings. The molecule has 0 bridgehead atoms. The summed E-state index contributed by atoms with van der Waals surface area (Å²) >= 11 is 1.68. The number of H-pyrrole nitrogens is 1. The van der Waals surface area contributed by atoms with Crippen LogP contribution in [0, 0.1) is 0 Å². The molecule has 0 radical (unpaired) electrons. The van der Waals surface area contributed by atoms with E-state index in [2.05, 4.69) is 4.98 Å². The highest BCUT2D eigenvalue weighted by molar-refractivity contribution is 7.98. The number of nitrogens with one attached hydrogen (secondary N) is 1. The third kappa shape index (κ3) is 4.92. The average molecular weight is 382 g/mol. The molecular weight excluding hydrogens is 360 g/mol. The van der Waals surface area contributed by atoms with Gasteiger partial charge in [-0.25, -0.2) is 0 Å². The molecule has 0 aliphatic rings. The van der Waals surface area contributed by atoms with Crippen LogP contribution in [0.5, 0.6) is 0 Å². The first kappa shape index (κ1) is 19.0. The lowest BCUT2D eigenvalue weighted by Crippen LogP contribution is -2.31. The Morgan fingerprint density at radius 1 is 1.11 bits per heavy atom. The van der Waals surface area contributed by atoms with Crippen molar-refractivity contribution in [3.63, 3.8) is 0 Å². The van der Waals surface area contributed by atoms with Crippen molar-refractivity contribution in [3.8, 4) is 0 Å². The van der Waals surface area contributed by atoms with Crippen LogP contribution in [0.3, 0.4) is 0 Å². The van der Waals surface area contributed by atoms with E-state index in [0.717, 1.165) is 22.0 Å². The third-order valence-corrected chi connectivity index (χ3v) is 5.11. The van der Waals surface area contributed by atoms with Crippen LogP contribution in [0.2, 0.25) is 0 Å². The number of amides is 1. The van der Waals surface area contributed by atoms with Crippen molar-refractivity contribution in [1.29, 1.82) is 0 Å². The van der Waals surface area contributed by atoms with E-state index in [9.17, 15) is 9.59 Å². The van der Waals surface area contributed by atoms with Crippen LogP contribution in [-0.4, -0.2) is 41.7 Å². The molecule has 0 fully saturated rings. The minimum Gasteiger partial charge on any atom is -0.455 e. The number of para-hydroxylation sites is 1. The summed E-state index contributed by atoms with van der Waals surface area (Å²) in [6, 6.07) is 15.8. The number of esters is 1. The normalized spacial score (nSPS) is 10.7. The SMILES string of the molecule is CSc1ccc(CN(C)C(=O)COC(=O)Cc2c[nH]c3ccccc23)cc1. The number of likely N-dealkylation sites (N-methyl/N-ethyl adjacent to an activating group) is 1. The van der Waals surface area contributed by atoms with Gasteiger partial charge in [0.25, 0.3) is 5.91 Å². The second-order valence-electron chi connectivity index (χ2n) is 6.29. The second-order valence-corrected chi connectivity index (χ2v) is 7.17. The van der Waals surface area contributed by atoms with Gasteiger partial charge in [0.1, 0.15) is 0 Å². The van der Waals surface area contributed by atoms with Crippen molar-refractivity contribution in [3.05, 3.63) is 65.9 Å². The molecule has 0 saturated heterocycles. The van der Waals surface area contributed by atoms with E-state index in [4.69, 9.17) is 4.74 Å². The largest absolute Gasteiger partial charge is 0.455 e. The molecule has 1 N–H and O–H groups in total. The lowest BCUT2D eigenvalue weighted by molar-refractivity contribution is -0.151. The zero-order valence-electron chi connectivity index (χ0n) is 15.4. The Morgan fingerprint density at radius 3 is 2.59 bits per heavy atom. The molecule has 1 amide bonds. The summed E-state index contributed by atoms with van der Waals surface area (Å²) < 4.78 is 5.17. The van der Waals surface area contributed by atoms with Crippen LogP contribution in [0.4, 0.5) is 0 Å². The van der Waals surface area contributed by atoms with E-state index >= 15 is 0 Å². The van der Waals surface area contributed by atoms with Gasteiger partial charge in [-0.2, -0.15) is 0 Å². The predicted octanol–water partition coefficient (Wildman–Crippen LogP) is 3.63. The van der Waals surface area contributed by atoms with E-state index in [1.165, 1.54) is 4.90 Å². The number of aromatic amines is 1. The number of hydrogen-bond acceptors (Lipinski definition) is 4. The van der Waals surface area contributed by atoms with Crippen molar-refractivity contribution in [2.45, 2.75) is 17.9 Å². The van der Waals surface area contributed by atoms with Crippen molar-refractivity contribution in [2.75, 3.05) is 19.9 Å². The summed E-state index contributed by atoms with van der Waals surface area (Å²) in [6.07, 6.45) is 3.96. The Hall–Kier alpha value is -2.73. The third-order valence-electron chi connectivity index (χ3n) is 4.37. The van der Waals surface area contributed by atoms with Crippen LogP contribution in [0.1, 0.15) is 11.1 Å². The minimum absolute atomic E-state index is 0.136. The number of rotatable bonds is 7. The first-order valence-corrected chi connectivity index (χ1v) is 9.87. The summed E-state index contributed by atoms with van der Waals surface area (Å²) in [5, 5.41) is 0.992. The zero-order valence-corrected chi connectivity index (χ0v) is 16.2. The fourth-order valence-corrected chi connectivity index (χ4v) is 3.24. The van der Waals surface area contributed by atoms with Gasteiger partial charge in [-0.3, -0.25) is 9.59 Å². The van der Waals surface area contributed by atoms with Gasteiger partial charge < -0.3 is 14.6 Å². The number of fused-ring (bicyclic) bond motifs is 1. The number of benzene rings is 2. The summed E-state index contributed by atoms with van der Waals surface area (Å²) in [5.41, 5.74) is 2.88. The highest BCUT2D eigenvalue weighted by Crippen LogP contribution is 2.18. The van der Waals surface area contributed by atoms with E-state index in [-0.39, 0.29) is 18.9 Å². The quantitative estimate of drug-likeness (QED) is 0.501. The standard InChI is InChI=1S/C21H22N2O3S/c1-23(13-15-7-9-17(27-2)10-8-15)20(24)14-26-21(25)11-16-12-22-19-6-4-3-5-18(16)19/h3-10,12,22H,11,13-14H2,1-2H3. The maximum atomic E-state index is 12.2. The van der Waals surface area contributed by atoms with Gasteiger partial charge in [0, 0.05) is 35.6 Å². The van der Waals surface area contributed by atoms with E-state index in [1.54, 1.807) is 29.9 Å². The number of carbonyl (C=O) groups is 2. The Labute approximate surface area is 162 Å². The van der Waals surface area contributed by atoms with Gasteiger partial charge in [0.15, 0.2) is 6.61 Å². The number of carbonyl (C=O) groups excluding carboxylic acids is 2. The maximum Gasteiger partial charge on any atom is 0.310 e. The monoisotopic (exact) mass is 382 g/mol. The predicted molar refractivity (Wildman–Crippen MR) is 108 cm³/mol. The van der Waals surface area contributed by atoms with Crippen molar-refractivity contribution in [1.82, 2.24) is 9.88 Å². The van der Waals surface area contributed by atoms with Gasteiger partial charge in [-0.1, -0.05) is 30.3 Å². The van der Waals surface area contributed by atoms with E-state index in [1.807, 2.05) is 54.8 Å². The van der Waals surface area contributed by atoms with Gasteiger partial charge >= 0.3 is 5.97 Å². The maximum absolute atomic E-state index is 12.2. The number of hydrogen-bond donors (Lipinski definition) is 1. The van der Waals surface area contributed by atoms with Crippen LogP contribution in [0.25, 0.3) is 10.9 Å². The first-order valence-electron chi connectivity index (χ1n) is 8.64. The molecule has 5 nitrogen and oxygen atoms in total. The summed E-state index contributed by atoms with van der Waals surface area (Å²) in [7, 11) is 1.71. The van der Waals surface area contributed by atoms with Crippen LogP contribution in [-0.2, 0) is 27.3 Å². The Balaban J connectivity index is 1.49. The molecular formula is C21H22N2O3S. The lowest BCUT2D eigenvalue weighted by atomic mass is 10.1. The number of thioether (sulfide) groups is 1. The second kappa shape index (κ2) is 8.77. The Kier molecular flexibility index (Phi) is 6.19. The number of aromatic nitrogens is 1. The molecule has 0 aliphatic carbocycles. The van der Waals surface area contributed by atoms with Gasteiger partial charge in [0.05, 0.1) is 6.42 Å². The van der Waals surface area contributed by atoms with Crippen LogP contribution in [0.15, 0.2) is 59.6 Å². The molecule has 2 aromatic carbocycles. The number of ether oxygens (including phenoxy) is 1. The average Bonchev–Trinajstić information content (AvgIpc) is 3.09. The molecule has 0 atom stereocenters. The molecule has 140 valence electrons. The molecule has 27 heavy (non-hydrogen) atoms. The fourth-order valence-electron chi connectivity index (χ4n) is 2.83. The highest BCUT2D eigenvalue weighted by atomic mass is 32.2. The van der Waals surface area contributed by atoms with Gasteiger partial charge in [0.2, 0.25) is 0 Å². The smallest absolute Gasteiger partial charge is 0.310 e. The summed E-state index contributed by atoms with van der Waals surface area (Å²) in [5.74, 6) is -0.637. The first-order chi connectivity index (χ1) is 13.1. The van der Waals surface area contributed by atoms with Crippen molar-refractivity contribution >= 4 is 34.5 Å². The zero-order chi connectivity index (χ0) is 19.2. The molecule has 3 rings (SSSR count). The lowest BCUT2D eigenvalue weighted by Gasteiger charge is -2.17. The molecule has 6 heteroatoms. The van der Waals surface area contributed by atoms with E-state index in [0.29, 0.717) is 6.54 Å². The van der Waals surface area contributed by atoms with Crippen molar-refractivity contribution in [2.24, 2.45) is 0 Å². The minimum atomic E-state index is -0.411. The molecule has 1 aromatic heterocycles. The molecule has 1 heterocycles. The summed E-state index contributed by atoms with van der Waals surface area (Å²) in [4.78, 5) is 30.2. The fraction of sp³-hybridized carbons (Fsp3) is 0.238. The Morgan fingerprint density at radius 2 is 1.85 bits per heavy atom. The highest BCUT2D eigenvalue weighted by Gasteiger charge is 2.14. The van der Waals surface area contributed by atoms with E-state index < -0.39 is 5.97 Å². The van der Waals surface area contributed by atoms with Gasteiger partial charge in [-0.05, 0) is 35.6 Å². The molecule has 0 spiro atoms. The topological polar surface area (TPSA) is 62.4 Å². The number of nitrogens with zero attached hydrogens (tertiary/aromatic N) is 1. The molecule has 0 aliphatic heterocycles. The molecule has 0 unspecified atom stereocenters. The van der Waals surface area contributed by atoms with Crippen LogP contribution < -0.4 is 0 Å². The van der Waals surface area contributed by atoms with Gasteiger partial charge in [-0.15, -0.1) is 11.8 Å². The molecule has 0 saturated carbocycles. The Bertz CT molecular complexity index is 934.